The molecule has 2 aromatic rings. The van der Waals surface area contributed by atoms with E-state index >= 15 is 0 Å². The molecular formula is C16H20N2O. The Morgan fingerprint density at radius 3 is 3.11 bits per heavy atom. The van der Waals surface area contributed by atoms with E-state index in [9.17, 15) is 0 Å². The first kappa shape index (κ1) is 12.4. The highest BCUT2D eigenvalue weighted by atomic mass is 16.5. The van der Waals surface area contributed by atoms with Gasteiger partial charge in [-0.25, -0.2) is 0 Å². The van der Waals surface area contributed by atoms with Crippen LogP contribution in [0.3, 0.4) is 0 Å². The molecule has 0 amide bonds. The third-order valence-corrected chi connectivity index (χ3v) is 3.44. The number of hydrogen-bond acceptors (Lipinski definition) is 3. The topological polar surface area (TPSA) is 34.1 Å². The molecule has 0 saturated heterocycles. The van der Waals surface area contributed by atoms with Crippen LogP contribution in [0.2, 0.25) is 0 Å². The summed E-state index contributed by atoms with van der Waals surface area (Å²) in [5, 5.41) is 4.68. The van der Waals surface area contributed by atoms with Gasteiger partial charge in [0, 0.05) is 36.2 Å². The molecule has 1 unspecified atom stereocenters. The summed E-state index contributed by atoms with van der Waals surface area (Å²) in [5.74, 6) is 1.43. The molecule has 0 bridgehead atoms. The highest BCUT2D eigenvalue weighted by Crippen LogP contribution is 2.20. The zero-order chi connectivity index (χ0) is 13.1. The molecule has 1 N–H and O–H groups in total. The SMILES string of the molecule is CC(CNC1CC1)COc1ccc2cccnc2c1. The van der Waals surface area contributed by atoms with Gasteiger partial charge in [0.15, 0.2) is 0 Å². The molecule has 1 atom stereocenters. The molecule has 0 radical (unpaired) electrons. The van der Waals surface area contributed by atoms with Crippen molar-refractivity contribution in [2.45, 2.75) is 25.8 Å². The van der Waals surface area contributed by atoms with Crippen molar-refractivity contribution in [3.8, 4) is 5.75 Å². The predicted octanol–water partition coefficient (Wildman–Crippen LogP) is 3.00. The molecule has 1 aromatic heterocycles. The van der Waals surface area contributed by atoms with Crippen molar-refractivity contribution in [1.82, 2.24) is 10.3 Å². The van der Waals surface area contributed by atoms with Gasteiger partial charge in [0.1, 0.15) is 5.75 Å². The van der Waals surface area contributed by atoms with E-state index in [1.165, 1.54) is 12.8 Å². The second kappa shape index (κ2) is 5.57. The van der Waals surface area contributed by atoms with Crippen LogP contribution in [0.4, 0.5) is 0 Å². The highest BCUT2D eigenvalue weighted by molar-refractivity contribution is 5.79. The quantitative estimate of drug-likeness (QED) is 0.862. The summed E-state index contributed by atoms with van der Waals surface area (Å²) in [6.45, 7) is 4.00. The van der Waals surface area contributed by atoms with E-state index < -0.39 is 0 Å². The van der Waals surface area contributed by atoms with Gasteiger partial charge >= 0.3 is 0 Å². The molecule has 0 aliphatic heterocycles. The third kappa shape index (κ3) is 3.44. The van der Waals surface area contributed by atoms with Gasteiger partial charge in [0.25, 0.3) is 0 Å². The Bertz CT molecular complexity index is 551. The number of nitrogens with one attached hydrogen (secondary N) is 1. The molecule has 1 heterocycles. The van der Waals surface area contributed by atoms with Gasteiger partial charge in [-0.05, 0) is 31.0 Å². The van der Waals surface area contributed by atoms with E-state index in [-0.39, 0.29) is 0 Å². The minimum absolute atomic E-state index is 0.528. The fourth-order valence-corrected chi connectivity index (χ4v) is 2.09. The van der Waals surface area contributed by atoms with Crippen LogP contribution in [0.5, 0.6) is 5.75 Å². The summed E-state index contributed by atoms with van der Waals surface area (Å²) in [6.07, 6.45) is 4.49. The van der Waals surface area contributed by atoms with Crippen LogP contribution < -0.4 is 10.1 Å². The monoisotopic (exact) mass is 256 g/mol. The maximum absolute atomic E-state index is 5.85. The molecule has 0 spiro atoms. The van der Waals surface area contributed by atoms with Crippen molar-refractivity contribution in [2.24, 2.45) is 5.92 Å². The molecule has 1 fully saturated rings. The van der Waals surface area contributed by atoms with Crippen LogP contribution in [0.25, 0.3) is 10.9 Å². The number of pyridine rings is 1. The van der Waals surface area contributed by atoms with Gasteiger partial charge in [-0.1, -0.05) is 13.0 Å². The Labute approximate surface area is 114 Å². The van der Waals surface area contributed by atoms with Crippen molar-refractivity contribution in [3.63, 3.8) is 0 Å². The summed E-state index contributed by atoms with van der Waals surface area (Å²) < 4.78 is 5.85. The fraction of sp³-hybridized carbons (Fsp3) is 0.438. The number of nitrogens with zero attached hydrogens (tertiary/aromatic N) is 1. The second-order valence-corrected chi connectivity index (χ2v) is 5.46. The number of rotatable bonds is 6. The molecule has 100 valence electrons. The van der Waals surface area contributed by atoms with Gasteiger partial charge < -0.3 is 10.1 Å². The summed E-state index contributed by atoms with van der Waals surface area (Å²) in [5.41, 5.74) is 0.990. The maximum atomic E-state index is 5.85. The highest BCUT2D eigenvalue weighted by Gasteiger charge is 2.20. The summed E-state index contributed by atoms with van der Waals surface area (Å²) in [6, 6.07) is 10.9. The standard InChI is InChI=1S/C16H20N2O/c1-12(10-18-14-5-6-14)11-19-15-7-4-13-3-2-8-17-16(13)9-15/h2-4,7-9,12,14,18H,5-6,10-11H2,1H3. The molecule has 19 heavy (non-hydrogen) atoms. The first-order valence-corrected chi connectivity index (χ1v) is 7.02. The predicted molar refractivity (Wildman–Crippen MR) is 77.4 cm³/mol. The van der Waals surface area contributed by atoms with Gasteiger partial charge in [-0.15, -0.1) is 0 Å². The average molecular weight is 256 g/mol. The maximum Gasteiger partial charge on any atom is 0.121 e. The lowest BCUT2D eigenvalue weighted by molar-refractivity contribution is 0.255. The second-order valence-electron chi connectivity index (χ2n) is 5.46. The van der Waals surface area contributed by atoms with E-state index in [1.807, 2.05) is 24.4 Å². The normalized spacial score (nSPS) is 16.5. The first-order chi connectivity index (χ1) is 9.31. The van der Waals surface area contributed by atoms with Crippen LogP contribution in [-0.2, 0) is 0 Å². The zero-order valence-electron chi connectivity index (χ0n) is 11.3. The molecule has 3 heteroatoms. The Morgan fingerprint density at radius 2 is 2.26 bits per heavy atom. The van der Waals surface area contributed by atoms with Crippen molar-refractivity contribution in [3.05, 3.63) is 36.5 Å². The van der Waals surface area contributed by atoms with Crippen LogP contribution in [-0.4, -0.2) is 24.2 Å². The lowest BCUT2D eigenvalue weighted by atomic mass is 10.2. The Hall–Kier alpha value is -1.61. The fourth-order valence-electron chi connectivity index (χ4n) is 2.09. The minimum Gasteiger partial charge on any atom is -0.493 e. The molecule has 3 nitrogen and oxygen atoms in total. The molecule has 1 aliphatic rings. The van der Waals surface area contributed by atoms with Crippen molar-refractivity contribution >= 4 is 10.9 Å². The van der Waals surface area contributed by atoms with Gasteiger partial charge in [-0.2, -0.15) is 0 Å². The van der Waals surface area contributed by atoms with Crippen LogP contribution in [0, 0.1) is 5.92 Å². The third-order valence-electron chi connectivity index (χ3n) is 3.44. The van der Waals surface area contributed by atoms with Gasteiger partial charge in [0.2, 0.25) is 0 Å². The molecule has 1 aromatic carbocycles. The molecule has 3 rings (SSSR count). The van der Waals surface area contributed by atoms with E-state index in [1.54, 1.807) is 0 Å². The Kier molecular flexibility index (Phi) is 3.65. The molecule has 1 saturated carbocycles. The lowest BCUT2D eigenvalue weighted by Crippen LogP contribution is -2.26. The molecule has 1 aliphatic carbocycles. The van der Waals surface area contributed by atoms with Crippen LogP contribution in [0.15, 0.2) is 36.5 Å². The Balaban J connectivity index is 1.55. The van der Waals surface area contributed by atoms with Crippen molar-refractivity contribution in [1.29, 1.82) is 0 Å². The zero-order valence-corrected chi connectivity index (χ0v) is 11.3. The smallest absolute Gasteiger partial charge is 0.121 e. The van der Waals surface area contributed by atoms with Crippen molar-refractivity contribution < 1.29 is 4.74 Å². The van der Waals surface area contributed by atoms with Crippen molar-refractivity contribution in [2.75, 3.05) is 13.2 Å². The van der Waals surface area contributed by atoms with E-state index in [4.69, 9.17) is 4.74 Å². The summed E-state index contributed by atoms with van der Waals surface area (Å²) in [7, 11) is 0. The molecular weight excluding hydrogens is 236 g/mol. The van der Waals surface area contributed by atoms with Gasteiger partial charge in [-0.3, -0.25) is 4.98 Å². The number of ether oxygens (including phenoxy) is 1. The van der Waals surface area contributed by atoms with E-state index in [0.29, 0.717) is 5.92 Å². The summed E-state index contributed by atoms with van der Waals surface area (Å²) >= 11 is 0. The Morgan fingerprint density at radius 1 is 1.37 bits per heavy atom. The van der Waals surface area contributed by atoms with E-state index in [0.717, 1.165) is 35.8 Å². The number of fused-ring (bicyclic) bond motifs is 1. The largest absolute Gasteiger partial charge is 0.493 e. The number of aromatic nitrogens is 1. The van der Waals surface area contributed by atoms with Crippen LogP contribution in [0.1, 0.15) is 19.8 Å². The van der Waals surface area contributed by atoms with Crippen LogP contribution >= 0.6 is 0 Å². The number of benzene rings is 1. The minimum atomic E-state index is 0.528. The first-order valence-electron chi connectivity index (χ1n) is 7.02. The summed E-state index contributed by atoms with van der Waals surface area (Å²) in [4.78, 5) is 4.34. The average Bonchev–Trinajstić information content (AvgIpc) is 3.27. The van der Waals surface area contributed by atoms with E-state index in [2.05, 4.69) is 29.4 Å². The lowest BCUT2D eigenvalue weighted by Gasteiger charge is -2.14. The van der Waals surface area contributed by atoms with Gasteiger partial charge in [0.05, 0.1) is 12.1 Å². The number of hydrogen-bond donors (Lipinski definition) is 1.